The van der Waals surface area contributed by atoms with Gasteiger partial charge in [0, 0.05) is 34.5 Å². The number of hydrogen-bond acceptors (Lipinski definition) is 3. The molecule has 27 heavy (non-hydrogen) atoms. The normalized spacial score (nSPS) is 19.6. The molecule has 0 radical (unpaired) electrons. The molecule has 0 bridgehead atoms. The summed E-state index contributed by atoms with van der Waals surface area (Å²) in [5.41, 5.74) is 10.7. The van der Waals surface area contributed by atoms with Crippen LogP contribution in [0.4, 0.5) is 0 Å². The van der Waals surface area contributed by atoms with Crippen LogP contribution in [0.2, 0.25) is 5.02 Å². The maximum absolute atomic E-state index is 6.14. The number of halogens is 1. The van der Waals surface area contributed by atoms with E-state index in [4.69, 9.17) is 27.1 Å². The van der Waals surface area contributed by atoms with Gasteiger partial charge in [-0.3, -0.25) is 4.99 Å². The van der Waals surface area contributed by atoms with Crippen LogP contribution in [0.15, 0.2) is 47.5 Å². The van der Waals surface area contributed by atoms with E-state index >= 15 is 0 Å². The van der Waals surface area contributed by atoms with Gasteiger partial charge in [0.15, 0.2) is 0 Å². The van der Waals surface area contributed by atoms with Crippen LogP contribution in [0.25, 0.3) is 0 Å². The summed E-state index contributed by atoms with van der Waals surface area (Å²) in [6.45, 7) is 6.38. The Morgan fingerprint density at radius 3 is 2.48 bits per heavy atom. The fourth-order valence-electron chi connectivity index (χ4n) is 4.39. The van der Waals surface area contributed by atoms with Crippen molar-refractivity contribution in [2.24, 2.45) is 10.7 Å². The van der Waals surface area contributed by atoms with Crippen LogP contribution >= 0.6 is 11.6 Å². The van der Waals surface area contributed by atoms with E-state index in [9.17, 15) is 0 Å². The van der Waals surface area contributed by atoms with Crippen molar-refractivity contribution in [1.82, 2.24) is 0 Å². The minimum Gasteiger partial charge on any atom is -0.492 e. The Labute approximate surface area is 166 Å². The van der Waals surface area contributed by atoms with Gasteiger partial charge in [-0.2, -0.15) is 0 Å². The van der Waals surface area contributed by atoms with Crippen molar-refractivity contribution in [3.05, 3.63) is 64.2 Å². The summed E-state index contributed by atoms with van der Waals surface area (Å²) in [5.74, 6) is 0.871. The number of nitrogens with two attached hydrogens (primary N) is 1. The molecule has 2 N–H and O–H groups in total. The van der Waals surface area contributed by atoms with Crippen LogP contribution < -0.4 is 10.5 Å². The lowest BCUT2D eigenvalue weighted by molar-refractivity contribution is 0.326. The Hall–Kier alpha value is -1.84. The fourth-order valence-corrected chi connectivity index (χ4v) is 4.52. The van der Waals surface area contributed by atoms with E-state index < -0.39 is 0 Å². The standard InChI is InChI=1S/C23H27ClN2O/c1-22(2)15-26-21(19-14-18(27-13-12-25)8-9-20(19)22)23(10-3-11-23)16-4-6-17(24)7-5-16/h4-9,14H,3,10-13,15,25H2,1-2H3. The maximum atomic E-state index is 6.14. The van der Waals surface area contributed by atoms with E-state index in [0.29, 0.717) is 13.2 Å². The van der Waals surface area contributed by atoms with Crippen LogP contribution in [0.5, 0.6) is 5.75 Å². The molecule has 2 aromatic carbocycles. The summed E-state index contributed by atoms with van der Waals surface area (Å²) < 4.78 is 5.83. The minimum atomic E-state index is -0.0116. The van der Waals surface area contributed by atoms with Crippen LogP contribution in [0.1, 0.15) is 49.8 Å². The molecule has 2 aromatic rings. The van der Waals surface area contributed by atoms with Crippen molar-refractivity contribution in [3.63, 3.8) is 0 Å². The van der Waals surface area contributed by atoms with Gasteiger partial charge in [-0.25, -0.2) is 0 Å². The van der Waals surface area contributed by atoms with Crippen LogP contribution in [-0.2, 0) is 10.8 Å². The van der Waals surface area contributed by atoms with Crippen molar-refractivity contribution < 1.29 is 4.74 Å². The number of hydrogen-bond donors (Lipinski definition) is 1. The number of aliphatic imine (C=N–C) groups is 1. The van der Waals surface area contributed by atoms with Gasteiger partial charge < -0.3 is 10.5 Å². The first-order valence-electron chi connectivity index (χ1n) is 9.75. The van der Waals surface area contributed by atoms with Crippen molar-refractivity contribution in [2.45, 2.75) is 43.9 Å². The van der Waals surface area contributed by atoms with Gasteiger partial charge in [0.05, 0.1) is 5.71 Å². The first-order chi connectivity index (χ1) is 13.0. The molecule has 0 unspecified atom stereocenters. The van der Waals surface area contributed by atoms with E-state index in [-0.39, 0.29) is 10.8 Å². The number of benzene rings is 2. The molecule has 0 atom stereocenters. The second-order valence-corrected chi connectivity index (χ2v) is 8.77. The summed E-state index contributed by atoms with van der Waals surface area (Å²) in [4.78, 5) is 5.14. The second kappa shape index (κ2) is 6.96. The van der Waals surface area contributed by atoms with Crippen LogP contribution in [-0.4, -0.2) is 25.4 Å². The average molecular weight is 383 g/mol. The Morgan fingerprint density at radius 1 is 1.11 bits per heavy atom. The second-order valence-electron chi connectivity index (χ2n) is 8.34. The van der Waals surface area contributed by atoms with Crippen molar-refractivity contribution >= 4 is 17.3 Å². The maximum Gasteiger partial charge on any atom is 0.120 e. The lowest BCUT2D eigenvalue weighted by atomic mass is 9.58. The summed E-state index contributed by atoms with van der Waals surface area (Å²) in [6, 6.07) is 14.8. The van der Waals surface area contributed by atoms with E-state index in [1.165, 1.54) is 28.8 Å². The van der Waals surface area contributed by atoms with Crippen molar-refractivity contribution in [1.29, 1.82) is 0 Å². The zero-order chi connectivity index (χ0) is 19.1. The lowest BCUT2D eigenvalue weighted by Gasteiger charge is -2.46. The Bertz CT molecular complexity index is 866. The molecule has 1 aliphatic carbocycles. The molecule has 0 saturated heterocycles. The molecule has 0 aromatic heterocycles. The number of rotatable bonds is 5. The van der Waals surface area contributed by atoms with Crippen LogP contribution in [0, 0.1) is 0 Å². The Kier molecular flexibility index (Phi) is 4.77. The van der Waals surface area contributed by atoms with Gasteiger partial charge in [-0.15, -0.1) is 0 Å². The largest absolute Gasteiger partial charge is 0.492 e. The van der Waals surface area contributed by atoms with Gasteiger partial charge in [0.1, 0.15) is 12.4 Å². The third-order valence-electron chi connectivity index (χ3n) is 6.05. The Morgan fingerprint density at radius 2 is 1.85 bits per heavy atom. The van der Waals surface area contributed by atoms with Crippen molar-refractivity contribution in [2.75, 3.05) is 19.7 Å². The number of fused-ring (bicyclic) bond motifs is 1. The molecule has 1 heterocycles. The third-order valence-corrected chi connectivity index (χ3v) is 6.30. The molecule has 2 aliphatic rings. The first-order valence-corrected chi connectivity index (χ1v) is 10.1. The quantitative estimate of drug-likeness (QED) is 0.801. The molecule has 4 heteroatoms. The lowest BCUT2D eigenvalue weighted by Crippen LogP contribution is -2.46. The number of ether oxygens (including phenoxy) is 1. The van der Waals surface area contributed by atoms with Gasteiger partial charge in [-0.1, -0.05) is 50.1 Å². The highest BCUT2D eigenvalue weighted by atomic mass is 35.5. The Balaban J connectivity index is 1.81. The zero-order valence-corrected chi connectivity index (χ0v) is 16.9. The van der Waals surface area contributed by atoms with Gasteiger partial charge in [0.2, 0.25) is 0 Å². The van der Waals surface area contributed by atoms with Crippen molar-refractivity contribution in [3.8, 4) is 5.75 Å². The summed E-state index contributed by atoms with van der Waals surface area (Å²) >= 11 is 6.14. The molecule has 1 fully saturated rings. The predicted molar refractivity (Wildman–Crippen MR) is 112 cm³/mol. The summed E-state index contributed by atoms with van der Waals surface area (Å²) in [5, 5.41) is 0.776. The molecule has 0 amide bonds. The molecule has 0 spiro atoms. The van der Waals surface area contributed by atoms with Crippen LogP contribution in [0.3, 0.4) is 0 Å². The van der Waals surface area contributed by atoms with E-state index in [0.717, 1.165) is 30.2 Å². The fraction of sp³-hybridized carbons (Fsp3) is 0.435. The molecule has 4 rings (SSSR count). The summed E-state index contributed by atoms with van der Waals surface area (Å²) in [6.07, 6.45) is 3.48. The monoisotopic (exact) mass is 382 g/mol. The molecular formula is C23H27ClN2O. The molecule has 1 saturated carbocycles. The third kappa shape index (κ3) is 3.17. The van der Waals surface area contributed by atoms with E-state index in [2.05, 4.69) is 44.2 Å². The molecule has 142 valence electrons. The predicted octanol–water partition coefficient (Wildman–Crippen LogP) is 4.88. The average Bonchev–Trinajstić information content (AvgIpc) is 2.62. The van der Waals surface area contributed by atoms with Gasteiger partial charge >= 0.3 is 0 Å². The topological polar surface area (TPSA) is 47.6 Å². The molecule has 3 nitrogen and oxygen atoms in total. The SMILES string of the molecule is CC1(C)CN=C(C2(c3ccc(Cl)cc3)CCC2)c2cc(OCCN)ccc21. The zero-order valence-electron chi connectivity index (χ0n) is 16.1. The van der Waals surface area contributed by atoms with E-state index in [1.807, 2.05) is 12.1 Å². The van der Waals surface area contributed by atoms with E-state index in [1.54, 1.807) is 0 Å². The minimum absolute atomic E-state index is 0.0116. The number of nitrogens with zero attached hydrogens (tertiary/aromatic N) is 1. The van der Waals surface area contributed by atoms with Gasteiger partial charge in [-0.05, 0) is 48.2 Å². The summed E-state index contributed by atoms with van der Waals surface area (Å²) in [7, 11) is 0. The molecular weight excluding hydrogens is 356 g/mol. The highest BCUT2D eigenvalue weighted by molar-refractivity contribution is 6.30. The van der Waals surface area contributed by atoms with Gasteiger partial charge in [0.25, 0.3) is 0 Å². The highest BCUT2D eigenvalue weighted by Crippen LogP contribution is 2.49. The smallest absolute Gasteiger partial charge is 0.120 e. The highest BCUT2D eigenvalue weighted by Gasteiger charge is 2.46. The molecule has 1 aliphatic heterocycles. The first kappa shape index (κ1) is 18.5.